The maximum atomic E-state index is 12.2. The van der Waals surface area contributed by atoms with Crippen LogP contribution in [-0.4, -0.2) is 24.1 Å². The Kier molecular flexibility index (Phi) is 5.74. The van der Waals surface area contributed by atoms with Crippen molar-refractivity contribution in [2.45, 2.75) is 0 Å². The van der Waals surface area contributed by atoms with E-state index < -0.39 is 11.9 Å². The minimum Gasteiger partial charge on any atom is -0.495 e. The lowest BCUT2D eigenvalue weighted by Crippen LogP contribution is -2.15. The molecule has 7 heteroatoms. The normalized spacial score (nSPS) is 10.5. The number of ether oxygens (including phenoxy) is 1. The Morgan fingerprint density at radius 2 is 1.96 bits per heavy atom. The number of aromatic carboxylic acids is 1. The van der Waals surface area contributed by atoms with Crippen molar-refractivity contribution in [3.8, 4) is 11.8 Å². The Morgan fingerprint density at radius 1 is 1.20 bits per heavy atom. The summed E-state index contributed by atoms with van der Waals surface area (Å²) in [5, 5.41) is 23.5. The molecule has 1 amide bonds. The number of carbonyl (C=O) groups excluding carboxylic acids is 1. The minimum absolute atomic E-state index is 0.0347. The number of nitrogens with one attached hydrogen (secondary N) is 2. The maximum absolute atomic E-state index is 12.2. The van der Waals surface area contributed by atoms with Crippen molar-refractivity contribution >= 4 is 23.3 Å². The number of anilines is 2. The largest absolute Gasteiger partial charge is 0.495 e. The van der Waals surface area contributed by atoms with Gasteiger partial charge in [-0.15, -0.1) is 0 Å². The quantitative estimate of drug-likeness (QED) is 0.552. The fourth-order valence-electron chi connectivity index (χ4n) is 1.99. The molecule has 3 N–H and O–H groups in total. The molecule has 2 rings (SSSR count). The third-order valence-corrected chi connectivity index (χ3v) is 3.21. The van der Waals surface area contributed by atoms with Crippen LogP contribution in [0, 0.1) is 11.3 Å². The van der Waals surface area contributed by atoms with Gasteiger partial charge < -0.3 is 20.5 Å². The van der Waals surface area contributed by atoms with Crippen LogP contribution in [0.5, 0.6) is 5.75 Å². The number of carboxylic acid groups (broad SMARTS) is 1. The number of hydrogen-bond acceptors (Lipinski definition) is 5. The molecule has 0 heterocycles. The van der Waals surface area contributed by atoms with E-state index >= 15 is 0 Å². The van der Waals surface area contributed by atoms with E-state index in [2.05, 4.69) is 10.6 Å². The smallest absolute Gasteiger partial charge is 0.335 e. The first-order valence-corrected chi connectivity index (χ1v) is 7.19. The van der Waals surface area contributed by atoms with Gasteiger partial charge in [-0.25, -0.2) is 4.79 Å². The second kappa shape index (κ2) is 8.17. The maximum Gasteiger partial charge on any atom is 0.335 e. The Morgan fingerprint density at radius 3 is 2.64 bits per heavy atom. The van der Waals surface area contributed by atoms with Gasteiger partial charge in [0.15, 0.2) is 0 Å². The zero-order valence-corrected chi connectivity index (χ0v) is 13.3. The average molecular weight is 337 g/mol. The summed E-state index contributed by atoms with van der Waals surface area (Å²) in [7, 11) is 1.51. The van der Waals surface area contributed by atoms with Crippen molar-refractivity contribution in [1.82, 2.24) is 0 Å². The van der Waals surface area contributed by atoms with Crippen LogP contribution in [0.3, 0.4) is 0 Å². The second-order valence-corrected chi connectivity index (χ2v) is 4.85. The van der Waals surface area contributed by atoms with E-state index in [0.717, 1.165) is 0 Å². The van der Waals surface area contributed by atoms with Crippen LogP contribution in [0.2, 0.25) is 0 Å². The number of carboxylic acids is 1. The number of para-hydroxylation sites is 2. The molecule has 2 aromatic carbocycles. The fourth-order valence-corrected chi connectivity index (χ4v) is 1.99. The van der Waals surface area contributed by atoms with Crippen molar-refractivity contribution in [2.24, 2.45) is 0 Å². The number of benzene rings is 2. The standard InChI is InChI=1S/C18H15N3O4/c1-25-16-8-3-2-7-15(16)20-11-13(10-19)17(22)21-14-6-4-5-12(9-14)18(23)24/h2-9,11,20H,1H3,(H,21,22)(H,23,24)/b13-11-. The van der Waals surface area contributed by atoms with Crippen LogP contribution in [0.15, 0.2) is 60.3 Å². The van der Waals surface area contributed by atoms with Crippen LogP contribution in [-0.2, 0) is 4.79 Å². The molecule has 126 valence electrons. The predicted octanol–water partition coefficient (Wildman–Crippen LogP) is 2.85. The van der Waals surface area contributed by atoms with Crippen molar-refractivity contribution in [1.29, 1.82) is 5.26 Å². The molecule has 0 spiro atoms. The number of carbonyl (C=O) groups is 2. The fraction of sp³-hybridized carbons (Fsp3) is 0.0556. The number of methoxy groups -OCH3 is 1. The molecule has 0 aliphatic heterocycles. The molecule has 2 aromatic rings. The third-order valence-electron chi connectivity index (χ3n) is 3.21. The van der Waals surface area contributed by atoms with Crippen molar-refractivity contribution < 1.29 is 19.4 Å². The summed E-state index contributed by atoms with van der Waals surface area (Å²) in [6.07, 6.45) is 1.26. The highest BCUT2D eigenvalue weighted by molar-refractivity contribution is 6.07. The van der Waals surface area contributed by atoms with Gasteiger partial charge in [0.1, 0.15) is 17.4 Å². The van der Waals surface area contributed by atoms with Gasteiger partial charge in [-0.1, -0.05) is 18.2 Å². The molecule has 0 radical (unpaired) electrons. The Bertz CT molecular complexity index is 869. The predicted molar refractivity (Wildman–Crippen MR) is 92.3 cm³/mol. The topological polar surface area (TPSA) is 111 Å². The van der Waals surface area contributed by atoms with Gasteiger partial charge in [0, 0.05) is 11.9 Å². The molecule has 25 heavy (non-hydrogen) atoms. The van der Waals surface area contributed by atoms with E-state index in [1.807, 2.05) is 0 Å². The lowest BCUT2D eigenvalue weighted by Gasteiger charge is -2.08. The molecular formula is C18H15N3O4. The Labute approximate surface area is 144 Å². The lowest BCUT2D eigenvalue weighted by molar-refractivity contribution is -0.112. The van der Waals surface area contributed by atoms with Crippen molar-refractivity contribution in [2.75, 3.05) is 17.7 Å². The number of amides is 1. The lowest BCUT2D eigenvalue weighted by atomic mass is 10.2. The monoisotopic (exact) mass is 337 g/mol. The molecule has 0 aromatic heterocycles. The van der Waals surface area contributed by atoms with Gasteiger partial charge >= 0.3 is 5.97 Å². The van der Waals surface area contributed by atoms with Crippen LogP contribution in [0.25, 0.3) is 0 Å². The number of hydrogen-bond donors (Lipinski definition) is 3. The summed E-state index contributed by atoms with van der Waals surface area (Å²) in [5.74, 6) is -1.21. The van der Waals surface area contributed by atoms with E-state index in [0.29, 0.717) is 11.4 Å². The average Bonchev–Trinajstić information content (AvgIpc) is 2.62. The van der Waals surface area contributed by atoms with E-state index in [1.54, 1.807) is 30.3 Å². The molecule has 0 fully saturated rings. The SMILES string of the molecule is COc1ccccc1N/C=C(/C#N)C(=O)Nc1cccc(C(=O)O)c1. The Hall–Kier alpha value is -3.79. The van der Waals surface area contributed by atoms with Crippen LogP contribution < -0.4 is 15.4 Å². The highest BCUT2D eigenvalue weighted by Crippen LogP contribution is 2.23. The summed E-state index contributed by atoms with van der Waals surface area (Å²) < 4.78 is 5.17. The molecule has 0 aliphatic carbocycles. The van der Waals surface area contributed by atoms with Gasteiger partial charge in [0.2, 0.25) is 0 Å². The molecule has 0 saturated heterocycles. The number of nitriles is 1. The van der Waals surface area contributed by atoms with Gasteiger partial charge in [-0.2, -0.15) is 5.26 Å². The third kappa shape index (κ3) is 4.59. The van der Waals surface area contributed by atoms with E-state index in [-0.39, 0.29) is 16.8 Å². The summed E-state index contributed by atoms with van der Waals surface area (Å²) in [5.41, 5.74) is 0.737. The first kappa shape index (κ1) is 17.6. The summed E-state index contributed by atoms with van der Waals surface area (Å²) >= 11 is 0. The Balaban J connectivity index is 2.14. The molecule has 0 atom stereocenters. The van der Waals surface area contributed by atoms with Crippen molar-refractivity contribution in [3.05, 3.63) is 65.9 Å². The zero-order chi connectivity index (χ0) is 18.2. The second-order valence-electron chi connectivity index (χ2n) is 4.85. The molecule has 0 unspecified atom stereocenters. The molecule has 7 nitrogen and oxygen atoms in total. The zero-order valence-electron chi connectivity index (χ0n) is 13.3. The molecule has 0 saturated carbocycles. The molecular weight excluding hydrogens is 322 g/mol. The van der Waals surface area contributed by atoms with E-state index in [4.69, 9.17) is 9.84 Å². The number of nitrogens with zero attached hydrogens (tertiary/aromatic N) is 1. The van der Waals surface area contributed by atoms with Gasteiger partial charge in [0.05, 0.1) is 18.4 Å². The van der Waals surface area contributed by atoms with Crippen LogP contribution in [0.4, 0.5) is 11.4 Å². The highest BCUT2D eigenvalue weighted by Gasteiger charge is 2.11. The first-order valence-electron chi connectivity index (χ1n) is 7.19. The van der Waals surface area contributed by atoms with E-state index in [9.17, 15) is 14.9 Å². The molecule has 0 bridgehead atoms. The number of rotatable bonds is 6. The van der Waals surface area contributed by atoms with Crippen LogP contribution >= 0.6 is 0 Å². The summed E-state index contributed by atoms with van der Waals surface area (Å²) in [4.78, 5) is 23.1. The summed E-state index contributed by atoms with van der Waals surface area (Å²) in [6.45, 7) is 0. The van der Waals surface area contributed by atoms with Crippen LogP contribution in [0.1, 0.15) is 10.4 Å². The summed E-state index contributed by atoms with van der Waals surface area (Å²) in [6, 6.07) is 14.6. The van der Waals surface area contributed by atoms with Gasteiger partial charge in [0.25, 0.3) is 5.91 Å². The van der Waals surface area contributed by atoms with Crippen molar-refractivity contribution in [3.63, 3.8) is 0 Å². The highest BCUT2D eigenvalue weighted by atomic mass is 16.5. The first-order chi connectivity index (χ1) is 12.0. The minimum atomic E-state index is -1.11. The van der Waals surface area contributed by atoms with Gasteiger partial charge in [-0.3, -0.25) is 4.79 Å². The van der Waals surface area contributed by atoms with E-state index in [1.165, 1.54) is 37.6 Å². The van der Waals surface area contributed by atoms with Gasteiger partial charge in [-0.05, 0) is 30.3 Å². The molecule has 0 aliphatic rings.